The van der Waals surface area contributed by atoms with Gasteiger partial charge in [-0.2, -0.15) is 0 Å². The van der Waals surface area contributed by atoms with Crippen LogP contribution in [-0.2, 0) is 65.6 Å². The van der Waals surface area contributed by atoms with Gasteiger partial charge >= 0.3 is 11.9 Å². The Morgan fingerprint density at radius 3 is 1.51 bits per heavy atom. The number of carbonyl (C=O) groups excluding carboxylic acids is 9. The Bertz CT molecular complexity index is 2230. The molecule has 0 aromatic carbocycles. The first-order valence-electron chi connectivity index (χ1n) is 25.3. The summed E-state index contributed by atoms with van der Waals surface area (Å²) < 4.78 is 0. The minimum absolute atomic E-state index is 0.0137. The summed E-state index contributed by atoms with van der Waals surface area (Å²) in [5, 5.41) is 61.1. The molecule has 9 atom stereocenters. The second-order valence-corrected chi connectivity index (χ2v) is 18.6. The number of unbranched alkanes of at least 4 members (excludes halogenated alkanes) is 1. The van der Waals surface area contributed by atoms with Gasteiger partial charge in [-0.1, -0.05) is 34.1 Å². The number of carbonyl (C=O) groups is 11. The molecule has 0 aliphatic rings. The molecule has 30 heteroatoms. The maximum atomic E-state index is 14.1. The molecular formula is C47H77N15O15. The number of hydrogen-bond acceptors (Lipinski definition) is 17. The van der Waals surface area contributed by atoms with Gasteiger partial charge in [0.1, 0.15) is 48.3 Å². The summed E-state index contributed by atoms with van der Waals surface area (Å²) in [5.74, 6) is -11.4. The number of carboxylic acid groups (broad SMARTS) is 2. The van der Waals surface area contributed by atoms with Gasteiger partial charge in [0.05, 0.1) is 25.9 Å². The third kappa shape index (κ3) is 24.3. The highest BCUT2D eigenvalue weighted by Crippen LogP contribution is 2.12. The number of aromatic amines is 2. The quantitative estimate of drug-likeness (QED) is 0.0280. The van der Waals surface area contributed by atoms with Crippen molar-refractivity contribution in [2.75, 3.05) is 32.8 Å². The smallest absolute Gasteiger partial charge is 0.326 e. The first-order valence-corrected chi connectivity index (χ1v) is 25.3. The molecule has 2 rings (SSSR count). The van der Waals surface area contributed by atoms with Crippen molar-refractivity contribution in [2.24, 2.45) is 23.3 Å². The average Bonchev–Trinajstić information content (AvgIpc) is 4.11. The van der Waals surface area contributed by atoms with Gasteiger partial charge in [0.25, 0.3) is 0 Å². The van der Waals surface area contributed by atoms with Gasteiger partial charge in [-0.05, 0) is 50.5 Å². The Morgan fingerprint density at radius 1 is 0.545 bits per heavy atom. The van der Waals surface area contributed by atoms with E-state index in [0.717, 1.165) is 0 Å². The molecule has 0 bridgehead atoms. The molecule has 0 aliphatic heterocycles. The lowest BCUT2D eigenvalue weighted by atomic mass is 9.97. The predicted octanol–water partition coefficient (Wildman–Crippen LogP) is -5.19. The van der Waals surface area contributed by atoms with Crippen LogP contribution in [0.15, 0.2) is 25.0 Å². The molecule has 9 amide bonds. The number of nitrogens with two attached hydrogens (primary N) is 2. The highest BCUT2D eigenvalue weighted by Gasteiger charge is 2.36. The number of aliphatic carboxylic acids is 2. The number of amides is 9. The predicted molar refractivity (Wildman–Crippen MR) is 272 cm³/mol. The van der Waals surface area contributed by atoms with E-state index >= 15 is 0 Å². The van der Waals surface area contributed by atoms with E-state index in [1.807, 2.05) is 0 Å². The van der Waals surface area contributed by atoms with Crippen LogP contribution in [0.1, 0.15) is 96.9 Å². The summed E-state index contributed by atoms with van der Waals surface area (Å²) >= 11 is 0. The summed E-state index contributed by atoms with van der Waals surface area (Å²) in [7, 11) is 0. The summed E-state index contributed by atoms with van der Waals surface area (Å²) in [4.78, 5) is 157. The fourth-order valence-corrected chi connectivity index (χ4v) is 7.42. The SMILES string of the molecule is CC[C@H](C)[C@H](NC(=O)[C@H](CO)NC(=O)[C@H](CO)NC(=O)[C@H](CC(C)C)NC(=O)[C@H](CCCCN)NC(=O)[C@H](Cc1cnc[nH]1)NC(=O)CCNC(=O)[C@H](Cc1cnc[nH]1)NC(=O)CCN)C(=O)N[C@@H](CCC(=O)O)C(=O)O. The first kappa shape index (κ1) is 65.5. The Labute approximate surface area is 444 Å². The second-order valence-electron chi connectivity index (χ2n) is 18.6. The summed E-state index contributed by atoms with van der Waals surface area (Å²) in [6, 6.07) is -11.6. The molecule has 430 valence electrons. The van der Waals surface area contributed by atoms with Gasteiger partial charge < -0.3 is 89.7 Å². The van der Waals surface area contributed by atoms with Crippen LogP contribution < -0.4 is 59.3 Å². The highest BCUT2D eigenvalue weighted by molar-refractivity contribution is 5.98. The van der Waals surface area contributed by atoms with E-state index < -0.39 is 145 Å². The minimum Gasteiger partial charge on any atom is -0.481 e. The standard InChI is InChI=1S/C47H77N15O15/c1-5-26(4)39(46(75)58-30(47(76)77)9-10-38(67)68)62-45(74)35(22-64)61-44(73)34(21-63)60-42(71)31(16-25(2)3)59-41(70)29(8-6-7-13-48)57-43(72)33(18-28-20-51-24-54-28)56-37(66)12-15-52-40(69)32(55-36(65)11-14-49)17-27-19-50-23-53-27/h19-20,23-26,29-35,39,63-64H,5-18,21-22,48-49H2,1-4H3,(H,50,53)(H,51,54)(H,52,69)(H,55,65)(H,56,66)(H,57,72)(H,58,75)(H,59,70)(H,60,71)(H,61,73)(H,62,74)(H,67,68)(H,76,77)/t26-,29-,30-,31-,32-,33-,34-,35-,39-/m0/s1. The topological polar surface area (TPSA) is 486 Å². The molecule has 77 heavy (non-hydrogen) atoms. The van der Waals surface area contributed by atoms with Gasteiger partial charge in [-0.25, -0.2) is 14.8 Å². The Hall–Kier alpha value is -7.57. The van der Waals surface area contributed by atoms with E-state index in [4.69, 9.17) is 16.6 Å². The highest BCUT2D eigenvalue weighted by atomic mass is 16.4. The Morgan fingerprint density at radius 2 is 1.03 bits per heavy atom. The molecule has 0 aliphatic carbocycles. The molecule has 2 aromatic rings. The van der Waals surface area contributed by atoms with Crippen LogP contribution in [0.4, 0.5) is 0 Å². The van der Waals surface area contributed by atoms with Gasteiger partial charge in [0.2, 0.25) is 53.2 Å². The zero-order chi connectivity index (χ0) is 57.6. The third-order valence-electron chi connectivity index (χ3n) is 11.9. The number of aliphatic hydroxyl groups is 2. The van der Waals surface area contributed by atoms with Gasteiger partial charge in [0.15, 0.2) is 0 Å². The van der Waals surface area contributed by atoms with Gasteiger partial charge in [0, 0.05) is 69.0 Å². The number of aliphatic hydroxyl groups excluding tert-OH is 2. The molecule has 0 unspecified atom stereocenters. The number of nitrogens with zero attached hydrogens (tertiary/aromatic N) is 2. The van der Waals surface area contributed by atoms with Crippen LogP contribution in [0.25, 0.3) is 0 Å². The number of carboxylic acids is 2. The van der Waals surface area contributed by atoms with E-state index in [2.05, 4.69) is 67.8 Å². The van der Waals surface area contributed by atoms with Crippen LogP contribution in [0.3, 0.4) is 0 Å². The molecule has 30 nitrogen and oxygen atoms in total. The summed E-state index contributed by atoms with van der Waals surface area (Å²) in [6.45, 7) is 4.67. The van der Waals surface area contributed by atoms with Crippen LogP contribution in [0.5, 0.6) is 0 Å². The lowest BCUT2D eigenvalue weighted by molar-refractivity contribution is -0.144. The van der Waals surface area contributed by atoms with Crippen molar-refractivity contribution in [1.29, 1.82) is 0 Å². The molecule has 0 fully saturated rings. The summed E-state index contributed by atoms with van der Waals surface area (Å²) in [6.07, 6.45) is 5.24. The fourth-order valence-electron chi connectivity index (χ4n) is 7.42. The summed E-state index contributed by atoms with van der Waals surface area (Å²) in [5.41, 5.74) is 12.2. The van der Waals surface area contributed by atoms with Crippen molar-refractivity contribution in [3.63, 3.8) is 0 Å². The van der Waals surface area contributed by atoms with Crippen molar-refractivity contribution in [3.05, 3.63) is 36.4 Å². The number of aromatic nitrogens is 4. The number of imidazole rings is 2. The largest absolute Gasteiger partial charge is 0.481 e. The van der Waals surface area contributed by atoms with E-state index in [1.165, 1.54) is 25.0 Å². The maximum Gasteiger partial charge on any atom is 0.326 e. The molecule has 0 saturated carbocycles. The molecular weight excluding hydrogens is 1010 g/mol. The number of rotatable bonds is 38. The maximum absolute atomic E-state index is 14.1. The number of nitrogens with one attached hydrogen (secondary N) is 11. The zero-order valence-electron chi connectivity index (χ0n) is 43.7. The van der Waals surface area contributed by atoms with Gasteiger partial charge in [-0.3, -0.25) is 47.9 Å². The van der Waals surface area contributed by atoms with Gasteiger partial charge in [-0.15, -0.1) is 0 Å². The van der Waals surface area contributed by atoms with E-state index in [9.17, 15) is 68.1 Å². The molecule has 2 heterocycles. The average molecular weight is 1090 g/mol. The lowest BCUT2D eigenvalue weighted by Gasteiger charge is -2.28. The second kappa shape index (κ2) is 34.9. The Kier molecular flexibility index (Phi) is 29.7. The fraction of sp³-hybridized carbons (Fsp3) is 0.638. The van der Waals surface area contributed by atoms with Crippen LogP contribution in [0.2, 0.25) is 0 Å². The van der Waals surface area contributed by atoms with Crippen molar-refractivity contribution in [3.8, 4) is 0 Å². The monoisotopic (exact) mass is 1090 g/mol. The molecule has 19 N–H and O–H groups in total. The normalized spacial score (nSPS) is 14.6. The van der Waals surface area contributed by atoms with Crippen LogP contribution >= 0.6 is 0 Å². The van der Waals surface area contributed by atoms with Crippen molar-refractivity contribution in [2.45, 2.75) is 147 Å². The van der Waals surface area contributed by atoms with Crippen LogP contribution in [-0.4, -0.2) is 187 Å². The lowest BCUT2D eigenvalue weighted by Crippen LogP contribution is -2.61. The van der Waals surface area contributed by atoms with E-state index in [0.29, 0.717) is 24.2 Å². The third-order valence-corrected chi connectivity index (χ3v) is 11.9. The molecule has 0 radical (unpaired) electrons. The first-order chi connectivity index (χ1) is 36.6. The van der Waals surface area contributed by atoms with E-state index in [1.54, 1.807) is 27.7 Å². The van der Waals surface area contributed by atoms with Crippen molar-refractivity contribution >= 4 is 65.1 Å². The number of hydrogen-bond donors (Lipinski definition) is 17. The van der Waals surface area contributed by atoms with E-state index in [-0.39, 0.29) is 70.5 Å². The number of H-pyrrole nitrogens is 2. The minimum atomic E-state index is -1.78. The van der Waals surface area contributed by atoms with Crippen molar-refractivity contribution < 1.29 is 73.2 Å². The van der Waals surface area contributed by atoms with Crippen molar-refractivity contribution in [1.82, 2.24) is 67.8 Å². The molecule has 0 spiro atoms. The molecule has 0 saturated heterocycles. The molecule has 2 aromatic heterocycles. The Balaban J connectivity index is 2.24. The zero-order valence-corrected chi connectivity index (χ0v) is 43.7. The van der Waals surface area contributed by atoms with Crippen LogP contribution in [0, 0.1) is 11.8 Å².